The zero-order valence-electron chi connectivity index (χ0n) is 11.9. The van der Waals surface area contributed by atoms with E-state index in [2.05, 4.69) is 20.0 Å². The molecule has 2 rings (SSSR count). The van der Waals surface area contributed by atoms with Gasteiger partial charge in [-0.25, -0.2) is 23.1 Å². The first-order chi connectivity index (χ1) is 10.1. The van der Waals surface area contributed by atoms with Gasteiger partial charge in [0.15, 0.2) is 0 Å². The molecule has 2 N–H and O–H groups in total. The Morgan fingerprint density at radius 1 is 1.29 bits per heavy atom. The lowest BCUT2D eigenvalue weighted by Crippen LogP contribution is -2.25. The third-order valence-corrected chi connectivity index (χ3v) is 4.44. The normalized spacial score (nSPS) is 11.5. The van der Waals surface area contributed by atoms with Gasteiger partial charge >= 0.3 is 0 Å². The van der Waals surface area contributed by atoms with Crippen LogP contribution in [-0.4, -0.2) is 36.5 Å². The summed E-state index contributed by atoms with van der Waals surface area (Å²) in [6.45, 7) is 1.24. The number of sulfonamides is 1. The summed E-state index contributed by atoms with van der Waals surface area (Å²) in [5.74, 6) is 0.634. The van der Waals surface area contributed by atoms with Gasteiger partial charge in [0, 0.05) is 38.7 Å². The first-order valence-electron chi connectivity index (χ1n) is 6.71. The summed E-state index contributed by atoms with van der Waals surface area (Å²) < 4.78 is 28.6. The molecule has 0 saturated heterocycles. The molecule has 0 atom stereocenters. The topological polar surface area (TPSA) is 88.9 Å². The lowest BCUT2D eigenvalue weighted by molar-refractivity contribution is 0.566. The second-order valence-corrected chi connectivity index (χ2v) is 6.30. The molecule has 2 heterocycles. The first kappa shape index (κ1) is 15.5. The maximum atomic E-state index is 12.0. The van der Waals surface area contributed by atoms with Crippen molar-refractivity contribution in [1.82, 2.24) is 19.3 Å². The van der Waals surface area contributed by atoms with Crippen LogP contribution in [-0.2, 0) is 16.6 Å². The van der Waals surface area contributed by atoms with Crippen molar-refractivity contribution in [2.45, 2.75) is 24.3 Å². The summed E-state index contributed by atoms with van der Waals surface area (Å²) in [4.78, 5) is 8.13. The molecule has 114 valence electrons. The molecule has 0 radical (unpaired) electrons. The van der Waals surface area contributed by atoms with Crippen LogP contribution in [0.4, 0.5) is 5.82 Å². The van der Waals surface area contributed by atoms with Gasteiger partial charge in [-0.2, -0.15) is 0 Å². The van der Waals surface area contributed by atoms with Gasteiger partial charge in [0.2, 0.25) is 10.0 Å². The monoisotopic (exact) mass is 309 g/mol. The average molecular weight is 309 g/mol. The smallest absolute Gasteiger partial charge is 0.242 e. The molecule has 7 nitrogen and oxygen atoms in total. The average Bonchev–Trinajstić information content (AvgIpc) is 3.00. The van der Waals surface area contributed by atoms with Gasteiger partial charge in [-0.3, -0.25) is 0 Å². The zero-order valence-corrected chi connectivity index (χ0v) is 12.7. The summed E-state index contributed by atoms with van der Waals surface area (Å²) in [6, 6.07) is 3.17. The van der Waals surface area contributed by atoms with E-state index in [1.807, 2.05) is 10.8 Å². The van der Waals surface area contributed by atoms with Crippen molar-refractivity contribution in [2.75, 3.05) is 18.9 Å². The second-order valence-electron chi connectivity index (χ2n) is 4.53. The van der Waals surface area contributed by atoms with Crippen LogP contribution in [0, 0.1) is 0 Å². The first-order valence-corrected chi connectivity index (χ1v) is 8.19. The summed E-state index contributed by atoms with van der Waals surface area (Å²) in [6.07, 6.45) is 8.36. The summed E-state index contributed by atoms with van der Waals surface area (Å²) >= 11 is 0. The Kier molecular flexibility index (Phi) is 5.29. The van der Waals surface area contributed by atoms with Gasteiger partial charge in [0.25, 0.3) is 0 Å². The van der Waals surface area contributed by atoms with E-state index in [4.69, 9.17) is 0 Å². The van der Waals surface area contributed by atoms with Crippen LogP contribution in [0.5, 0.6) is 0 Å². The fraction of sp³-hybridized carbons (Fsp3) is 0.385. The van der Waals surface area contributed by atoms with Gasteiger partial charge in [0.1, 0.15) is 10.7 Å². The number of nitrogens with one attached hydrogen (secondary N) is 2. The molecule has 2 aromatic heterocycles. The predicted octanol–water partition coefficient (Wildman–Crippen LogP) is 1.08. The highest BCUT2D eigenvalue weighted by atomic mass is 32.2. The molecule has 8 heteroatoms. The number of anilines is 1. The molecule has 0 amide bonds. The molecule has 0 saturated carbocycles. The van der Waals surface area contributed by atoms with Gasteiger partial charge in [0.05, 0.1) is 6.33 Å². The minimum absolute atomic E-state index is 0.177. The number of imidazole rings is 1. The third kappa shape index (κ3) is 4.54. The van der Waals surface area contributed by atoms with Gasteiger partial charge < -0.3 is 9.88 Å². The van der Waals surface area contributed by atoms with E-state index in [1.165, 1.54) is 12.3 Å². The Balaban J connectivity index is 1.78. The van der Waals surface area contributed by atoms with E-state index in [0.29, 0.717) is 12.4 Å². The van der Waals surface area contributed by atoms with Crippen molar-refractivity contribution in [3.63, 3.8) is 0 Å². The molecule has 0 aromatic carbocycles. The number of unbranched alkanes of at least 4 members (excludes halogenated alkanes) is 1. The minimum Gasteiger partial charge on any atom is -0.373 e. The molecule has 0 fully saturated rings. The minimum atomic E-state index is -3.48. The predicted molar refractivity (Wildman–Crippen MR) is 80.4 cm³/mol. The molecule has 0 bridgehead atoms. The van der Waals surface area contributed by atoms with Gasteiger partial charge in [-0.1, -0.05) is 0 Å². The van der Waals surface area contributed by atoms with E-state index < -0.39 is 10.0 Å². The molecular formula is C13H19N5O2S. The Morgan fingerprint density at radius 2 is 2.14 bits per heavy atom. The number of aryl methyl sites for hydroxylation is 1. The highest BCUT2D eigenvalue weighted by Gasteiger charge is 2.13. The molecule has 21 heavy (non-hydrogen) atoms. The number of nitrogens with zero attached hydrogens (tertiary/aromatic N) is 3. The van der Waals surface area contributed by atoms with Crippen molar-refractivity contribution in [3.8, 4) is 0 Å². The Labute approximate surface area is 124 Å². The van der Waals surface area contributed by atoms with Gasteiger partial charge in [-0.05, 0) is 25.0 Å². The summed E-state index contributed by atoms with van der Waals surface area (Å²) in [5.41, 5.74) is 0. The second kappa shape index (κ2) is 7.19. The summed E-state index contributed by atoms with van der Waals surface area (Å²) in [7, 11) is -1.75. The van der Waals surface area contributed by atoms with Crippen molar-refractivity contribution in [1.29, 1.82) is 0 Å². The Bertz CT molecular complexity index is 638. The maximum Gasteiger partial charge on any atom is 0.242 e. The van der Waals surface area contributed by atoms with Crippen LogP contribution >= 0.6 is 0 Å². The van der Waals surface area contributed by atoms with Gasteiger partial charge in [-0.15, -0.1) is 0 Å². The number of hydrogen-bond acceptors (Lipinski definition) is 5. The number of rotatable bonds is 8. The van der Waals surface area contributed by atoms with E-state index in [9.17, 15) is 8.42 Å². The van der Waals surface area contributed by atoms with Crippen LogP contribution in [0.15, 0.2) is 41.9 Å². The van der Waals surface area contributed by atoms with E-state index in [-0.39, 0.29) is 4.90 Å². The molecule has 0 aliphatic rings. The van der Waals surface area contributed by atoms with Crippen LogP contribution in [0.1, 0.15) is 12.8 Å². The van der Waals surface area contributed by atoms with Crippen LogP contribution in [0.25, 0.3) is 0 Å². The lowest BCUT2D eigenvalue weighted by Gasteiger charge is -2.07. The molecule has 0 aliphatic heterocycles. The molecule has 0 unspecified atom stereocenters. The largest absolute Gasteiger partial charge is 0.373 e. The summed E-state index contributed by atoms with van der Waals surface area (Å²) in [5, 5.41) is 2.85. The van der Waals surface area contributed by atoms with Crippen LogP contribution < -0.4 is 10.0 Å². The number of hydrogen-bond donors (Lipinski definition) is 2. The number of aromatic nitrogens is 3. The Hall–Kier alpha value is -1.93. The molecule has 2 aromatic rings. The molecular weight excluding hydrogens is 290 g/mol. The maximum absolute atomic E-state index is 12.0. The lowest BCUT2D eigenvalue weighted by atomic mass is 10.3. The number of pyridine rings is 1. The van der Waals surface area contributed by atoms with E-state index in [0.717, 1.165) is 19.4 Å². The van der Waals surface area contributed by atoms with Crippen molar-refractivity contribution < 1.29 is 8.42 Å². The SMILES string of the molecule is CNc1ccc(S(=O)(=O)NCCCCn2ccnc2)cn1. The molecule has 0 spiro atoms. The van der Waals surface area contributed by atoms with Crippen LogP contribution in [0.2, 0.25) is 0 Å². The standard InChI is InChI=1S/C13H19N5O2S/c1-14-13-5-4-12(10-16-13)21(19,20)17-6-2-3-8-18-9-7-15-11-18/h4-5,7,9-11,17H,2-3,6,8H2,1H3,(H,14,16). The van der Waals surface area contributed by atoms with Crippen molar-refractivity contribution in [3.05, 3.63) is 37.1 Å². The van der Waals surface area contributed by atoms with Crippen molar-refractivity contribution >= 4 is 15.8 Å². The third-order valence-electron chi connectivity index (χ3n) is 3.00. The molecule has 0 aliphatic carbocycles. The van der Waals surface area contributed by atoms with E-state index >= 15 is 0 Å². The highest BCUT2D eigenvalue weighted by molar-refractivity contribution is 7.89. The van der Waals surface area contributed by atoms with Crippen LogP contribution in [0.3, 0.4) is 0 Å². The Morgan fingerprint density at radius 3 is 2.76 bits per heavy atom. The zero-order chi connectivity index (χ0) is 15.1. The van der Waals surface area contributed by atoms with Crippen molar-refractivity contribution in [2.24, 2.45) is 0 Å². The fourth-order valence-electron chi connectivity index (χ4n) is 1.82. The highest BCUT2D eigenvalue weighted by Crippen LogP contribution is 2.10. The fourth-order valence-corrected chi connectivity index (χ4v) is 2.83. The van der Waals surface area contributed by atoms with E-state index in [1.54, 1.807) is 25.6 Å². The quantitative estimate of drug-likeness (QED) is 0.712.